The Hall–Kier alpha value is -1.94. The first kappa shape index (κ1) is 13.5. The molecule has 5 heteroatoms. The molecule has 0 aliphatic carbocycles. The quantitative estimate of drug-likeness (QED) is 0.937. The Labute approximate surface area is 116 Å². The van der Waals surface area contributed by atoms with E-state index in [2.05, 4.69) is 15.3 Å². The minimum absolute atomic E-state index is 0.190. The minimum atomic E-state index is -0.264. The predicted octanol–water partition coefficient (Wildman–Crippen LogP) is 2.93. The molecule has 0 aliphatic heterocycles. The molecule has 0 fully saturated rings. The van der Waals surface area contributed by atoms with Crippen LogP contribution in [0, 0.1) is 6.92 Å². The summed E-state index contributed by atoms with van der Waals surface area (Å²) in [6, 6.07) is 7.23. The number of aromatic nitrogens is 2. The van der Waals surface area contributed by atoms with Crippen molar-refractivity contribution in [3.63, 3.8) is 0 Å². The van der Waals surface area contributed by atoms with E-state index in [0.29, 0.717) is 10.7 Å². The van der Waals surface area contributed by atoms with Crippen LogP contribution in [-0.4, -0.2) is 15.9 Å². The van der Waals surface area contributed by atoms with Gasteiger partial charge in [0.05, 0.1) is 17.9 Å². The van der Waals surface area contributed by atoms with Crippen LogP contribution in [-0.2, 0) is 0 Å². The number of carbonyl (C=O) groups is 1. The van der Waals surface area contributed by atoms with Gasteiger partial charge < -0.3 is 5.32 Å². The number of rotatable bonds is 3. The number of halogens is 1. The Morgan fingerprint density at radius 3 is 2.63 bits per heavy atom. The standard InChI is InChI=1S/C14H14ClN3O/c1-9-7-17-13(8-16-9)14(19)18-10(2)11-5-3-4-6-12(11)15/h3-8,10H,1-2H3,(H,18,19)/t10-/m0/s1. The highest BCUT2D eigenvalue weighted by molar-refractivity contribution is 6.31. The lowest BCUT2D eigenvalue weighted by molar-refractivity contribution is 0.0934. The average Bonchev–Trinajstić information content (AvgIpc) is 2.39. The van der Waals surface area contributed by atoms with Gasteiger partial charge in [-0.05, 0) is 25.5 Å². The van der Waals surface area contributed by atoms with Crippen molar-refractivity contribution in [1.82, 2.24) is 15.3 Å². The molecule has 1 aromatic carbocycles. The third-order valence-corrected chi connectivity index (χ3v) is 3.08. The lowest BCUT2D eigenvalue weighted by Crippen LogP contribution is -2.27. The van der Waals surface area contributed by atoms with Crippen molar-refractivity contribution in [2.45, 2.75) is 19.9 Å². The highest BCUT2D eigenvalue weighted by atomic mass is 35.5. The fourth-order valence-electron chi connectivity index (χ4n) is 1.68. The molecule has 0 aliphatic rings. The molecule has 0 radical (unpaired) electrons. The summed E-state index contributed by atoms with van der Waals surface area (Å²) in [5.41, 5.74) is 1.94. The van der Waals surface area contributed by atoms with Crippen molar-refractivity contribution in [3.05, 3.63) is 58.6 Å². The number of benzene rings is 1. The second kappa shape index (κ2) is 5.80. The van der Waals surface area contributed by atoms with Crippen LogP contribution >= 0.6 is 11.6 Å². The van der Waals surface area contributed by atoms with Gasteiger partial charge in [-0.3, -0.25) is 9.78 Å². The van der Waals surface area contributed by atoms with Crippen LogP contribution in [0.5, 0.6) is 0 Å². The number of nitrogens with zero attached hydrogens (tertiary/aromatic N) is 2. The number of hydrogen-bond donors (Lipinski definition) is 1. The highest BCUT2D eigenvalue weighted by Crippen LogP contribution is 2.22. The van der Waals surface area contributed by atoms with Gasteiger partial charge in [-0.1, -0.05) is 29.8 Å². The molecule has 1 amide bonds. The predicted molar refractivity (Wildman–Crippen MR) is 74.1 cm³/mol. The van der Waals surface area contributed by atoms with E-state index >= 15 is 0 Å². The fourth-order valence-corrected chi connectivity index (χ4v) is 1.98. The van der Waals surface area contributed by atoms with Crippen molar-refractivity contribution in [3.8, 4) is 0 Å². The highest BCUT2D eigenvalue weighted by Gasteiger charge is 2.14. The molecule has 19 heavy (non-hydrogen) atoms. The van der Waals surface area contributed by atoms with Gasteiger partial charge >= 0.3 is 0 Å². The maximum Gasteiger partial charge on any atom is 0.271 e. The first-order chi connectivity index (χ1) is 9.08. The van der Waals surface area contributed by atoms with E-state index in [9.17, 15) is 4.79 Å². The molecule has 0 spiro atoms. The van der Waals surface area contributed by atoms with Crippen molar-refractivity contribution >= 4 is 17.5 Å². The minimum Gasteiger partial charge on any atom is -0.344 e. The van der Waals surface area contributed by atoms with Crippen LogP contribution in [0.1, 0.15) is 34.7 Å². The van der Waals surface area contributed by atoms with Gasteiger partial charge in [-0.25, -0.2) is 4.98 Å². The average molecular weight is 276 g/mol. The van der Waals surface area contributed by atoms with Crippen LogP contribution in [0.2, 0.25) is 5.02 Å². The molecule has 1 aromatic heterocycles. The maximum absolute atomic E-state index is 12.0. The van der Waals surface area contributed by atoms with E-state index in [0.717, 1.165) is 11.3 Å². The second-order valence-corrected chi connectivity index (χ2v) is 4.67. The van der Waals surface area contributed by atoms with E-state index in [1.165, 1.54) is 6.20 Å². The summed E-state index contributed by atoms with van der Waals surface area (Å²) in [7, 11) is 0. The molecule has 98 valence electrons. The number of amides is 1. The second-order valence-electron chi connectivity index (χ2n) is 4.26. The summed E-state index contributed by atoms with van der Waals surface area (Å²) < 4.78 is 0. The molecular formula is C14H14ClN3O. The first-order valence-corrected chi connectivity index (χ1v) is 6.29. The van der Waals surface area contributed by atoms with Crippen LogP contribution in [0.4, 0.5) is 0 Å². The molecule has 4 nitrogen and oxygen atoms in total. The topological polar surface area (TPSA) is 54.9 Å². The molecule has 2 aromatic rings. The van der Waals surface area contributed by atoms with E-state index < -0.39 is 0 Å². The Balaban J connectivity index is 2.11. The van der Waals surface area contributed by atoms with E-state index in [1.807, 2.05) is 32.0 Å². The van der Waals surface area contributed by atoms with E-state index in [-0.39, 0.29) is 11.9 Å². The third kappa shape index (κ3) is 3.29. The van der Waals surface area contributed by atoms with Crippen LogP contribution < -0.4 is 5.32 Å². The summed E-state index contributed by atoms with van der Waals surface area (Å²) >= 11 is 6.09. The van der Waals surface area contributed by atoms with Gasteiger partial charge in [0.2, 0.25) is 0 Å². The molecule has 1 atom stereocenters. The van der Waals surface area contributed by atoms with Gasteiger partial charge in [0.1, 0.15) is 5.69 Å². The Bertz CT molecular complexity index is 583. The lowest BCUT2D eigenvalue weighted by atomic mass is 10.1. The summed E-state index contributed by atoms with van der Waals surface area (Å²) in [6.45, 7) is 3.70. The van der Waals surface area contributed by atoms with Gasteiger partial charge in [-0.15, -0.1) is 0 Å². The molecule has 0 bridgehead atoms. The molecule has 0 saturated heterocycles. The summed E-state index contributed by atoms with van der Waals surface area (Å²) in [5.74, 6) is -0.264. The number of carbonyl (C=O) groups excluding carboxylic acids is 1. The van der Waals surface area contributed by atoms with Gasteiger partial charge in [0, 0.05) is 11.2 Å². The fraction of sp³-hybridized carbons (Fsp3) is 0.214. The largest absolute Gasteiger partial charge is 0.344 e. The van der Waals surface area contributed by atoms with Crippen molar-refractivity contribution in [2.24, 2.45) is 0 Å². The van der Waals surface area contributed by atoms with Crippen LogP contribution in [0.3, 0.4) is 0 Å². The smallest absolute Gasteiger partial charge is 0.271 e. The van der Waals surface area contributed by atoms with Crippen molar-refractivity contribution in [1.29, 1.82) is 0 Å². The van der Waals surface area contributed by atoms with E-state index in [4.69, 9.17) is 11.6 Å². The zero-order chi connectivity index (χ0) is 13.8. The molecule has 0 unspecified atom stereocenters. The number of hydrogen-bond acceptors (Lipinski definition) is 3. The molecule has 0 saturated carbocycles. The molecule has 1 N–H and O–H groups in total. The summed E-state index contributed by atoms with van der Waals surface area (Å²) in [4.78, 5) is 20.1. The Morgan fingerprint density at radius 2 is 2.00 bits per heavy atom. The molecule has 1 heterocycles. The number of nitrogens with one attached hydrogen (secondary N) is 1. The van der Waals surface area contributed by atoms with E-state index in [1.54, 1.807) is 12.3 Å². The maximum atomic E-state index is 12.0. The Morgan fingerprint density at radius 1 is 1.26 bits per heavy atom. The molecule has 2 rings (SSSR count). The first-order valence-electron chi connectivity index (χ1n) is 5.92. The normalized spacial score (nSPS) is 11.9. The Kier molecular flexibility index (Phi) is 4.12. The zero-order valence-corrected chi connectivity index (χ0v) is 11.5. The SMILES string of the molecule is Cc1cnc(C(=O)N[C@@H](C)c2ccccc2Cl)cn1. The molecular weight excluding hydrogens is 262 g/mol. The van der Waals surface area contributed by atoms with Crippen LogP contribution in [0.15, 0.2) is 36.7 Å². The summed E-state index contributed by atoms with van der Waals surface area (Å²) in [5, 5.41) is 3.48. The van der Waals surface area contributed by atoms with Crippen molar-refractivity contribution in [2.75, 3.05) is 0 Å². The van der Waals surface area contributed by atoms with Gasteiger partial charge in [0.15, 0.2) is 0 Å². The van der Waals surface area contributed by atoms with Gasteiger partial charge in [0.25, 0.3) is 5.91 Å². The zero-order valence-electron chi connectivity index (χ0n) is 10.7. The third-order valence-electron chi connectivity index (χ3n) is 2.73. The van der Waals surface area contributed by atoms with Crippen LogP contribution in [0.25, 0.3) is 0 Å². The lowest BCUT2D eigenvalue weighted by Gasteiger charge is -2.15. The summed E-state index contributed by atoms with van der Waals surface area (Å²) in [6.07, 6.45) is 3.03. The monoisotopic (exact) mass is 275 g/mol. The van der Waals surface area contributed by atoms with Crippen molar-refractivity contribution < 1.29 is 4.79 Å². The number of aryl methyl sites for hydroxylation is 1. The van der Waals surface area contributed by atoms with Gasteiger partial charge in [-0.2, -0.15) is 0 Å².